The Morgan fingerprint density at radius 3 is 2.35 bits per heavy atom. The molecule has 0 saturated carbocycles. The van der Waals surface area contributed by atoms with Crippen molar-refractivity contribution >= 4 is 34.0 Å². The average molecular weight is 375 g/mol. The maximum absolute atomic E-state index is 12.5. The van der Waals surface area contributed by atoms with Crippen molar-refractivity contribution in [1.29, 1.82) is 0 Å². The number of hydrogen-bond donors (Lipinski definition) is 1. The number of carbonyl (C=O) groups is 2. The van der Waals surface area contributed by atoms with Crippen molar-refractivity contribution in [2.45, 2.75) is 0 Å². The minimum atomic E-state index is -0.453. The van der Waals surface area contributed by atoms with Crippen LogP contribution in [0.5, 0.6) is 5.75 Å². The number of nitrogens with zero attached hydrogens (tertiary/aromatic N) is 2. The molecule has 1 N–H and O–H groups in total. The highest BCUT2D eigenvalue weighted by Gasteiger charge is 2.23. The first-order valence-electron chi connectivity index (χ1n) is 8.23. The van der Waals surface area contributed by atoms with Gasteiger partial charge in [0.05, 0.1) is 19.8 Å². The van der Waals surface area contributed by atoms with E-state index in [2.05, 4.69) is 10.2 Å². The summed E-state index contributed by atoms with van der Waals surface area (Å²) >= 11 is 1.30. The number of thiophene rings is 1. The number of urea groups is 1. The first-order chi connectivity index (χ1) is 12.6. The molecule has 138 valence electrons. The first kappa shape index (κ1) is 18.1. The molecule has 0 radical (unpaired) electrons. The van der Waals surface area contributed by atoms with Gasteiger partial charge in [0.1, 0.15) is 10.8 Å². The molecule has 1 aliphatic rings. The van der Waals surface area contributed by atoms with E-state index in [1.54, 1.807) is 23.5 Å². The van der Waals surface area contributed by atoms with E-state index < -0.39 is 5.97 Å². The van der Waals surface area contributed by atoms with Crippen LogP contribution in [0.4, 0.5) is 15.5 Å². The summed E-state index contributed by atoms with van der Waals surface area (Å²) in [6, 6.07) is 9.34. The second-order valence-corrected chi connectivity index (χ2v) is 6.67. The molecule has 8 heteroatoms. The summed E-state index contributed by atoms with van der Waals surface area (Å²) in [5, 5.41) is 5.08. The fourth-order valence-electron chi connectivity index (χ4n) is 2.81. The summed E-state index contributed by atoms with van der Waals surface area (Å²) in [6.07, 6.45) is 0. The van der Waals surface area contributed by atoms with E-state index in [4.69, 9.17) is 9.47 Å². The third-order valence-corrected chi connectivity index (χ3v) is 5.13. The molecule has 1 fully saturated rings. The Hall–Kier alpha value is -2.74. The number of methoxy groups -OCH3 is 2. The number of hydrogen-bond acceptors (Lipinski definition) is 6. The van der Waals surface area contributed by atoms with Gasteiger partial charge in [0.25, 0.3) is 0 Å². The van der Waals surface area contributed by atoms with E-state index in [1.807, 2.05) is 24.3 Å². The SMILES string of the molecule is COC(=O)c1ccsc1NC(=O)N1CCN(c2ccc(OC)cc2)CC1. The van der Waals surface area contributed by atoms with Crippen LogP contribution in [0.1, 0.15) is 10.4 Å². The molecule has 2 amide bonds. The number of carbonyl (C=O) groups excluding carboxylic acids is 2. The number of piperazine rings is 1. The van der Waals surface area contributed by atoms with Crippen LogP contribution in [0.15, 0.2) is 35.7 Å². The van der Waals surface area contributed by atoms with E-state index >= 15 is 0 Å². The Labute approximate surface area is 156 Å². The molecule has 2 aromatic rings. The van der Waals surface area contributed by atoms with Crippen molar-refractivity contribution in [3.8, 4) is 5.75 Å². The number of anilines is 2. The third kappa shape index (κ3) is 3.91. The largest absolute Gasteiger partial charge is 0.497 e. The Bertz CT molecular complexity index is 767. The van der Waals surface area contributed by atoms with Crippen LogP contribution in [-0.4, -0.2) is 57.3 Å². The van der Waals surface area contributed by atoms with Gasteiger partial charge in [-0.25, -0.2) is 9.59 Å². The van der Waals surface area contributed by atoms with E-state index in [0.29, 0.717) is 23.7 Å². The molecule has 7 nitrogen and oxygen atoms in total. The summed E-state index contributed by atoms with van der Waals surface area (Å²) < 4.78 is 9.91. The van der Waals surface area contributed by atoms with Crippen molar-refractivity contribution in [1.82, 2.24) is 4.90 Å². The Kier molecular flexibility index (Phi) is 5.62. The minimum Gasteiger partial charge on any atom is -0.497 e. The molecule has 1 saturated heterocycles. The van der Waals surface area contributed by atoms with Gasteiger partial charge in [-0.3, -0.25) is 5.32 Å². The predicted molar refractivity (Wildman–Crippen MR) is 101 cm³/mol. The zero-order chi connectivity index (χ0) is 18.5. The van der Waals surface area contributed by atoms with E-state index in [0.717, 1.165) is 24.5 Å². The summed E-state index contributed by atoms with van der Waals surface area (Å²) in [5.74, 6) is 0.370. The van der Waals surface area contributed by atoms with E-state index in [1.165, 1.54) is 18.4 Å². The molecule has 26 heavy (non-hydrogen) atoms. The zero-order valence-electron chi connectivity index (χ0n) is 14.7. The van der Waals surface area contributed by atoms with Gasteiger partial charge in [-0.1, -0.05) is 0 Å². The quantitative estimate of drug-likeness (QED) is 0.832. The lowest BCUT2D eigenvalue weighted by atomic mass is 10.2. The van der Waals surface area contributed by atoms with Crippen LogP contribution in [0.25, 0.3) is 0 Å². The first-order valence-corrected chi connectivity index (χ1v) is 9.11. The monoisotopic (exact) mass is 375 g/mol. The number of nitrogens with one attached hydrogen (secondary N) is 1. The fraction of sp³-hybridized carbons (Fsp3) is 0.333. The lowest BCUT2D eigenvalue weighted by molar-refractivity contribution is 0.0602. The van der Waals surface area contributed by atoms with Gasteiger partial charge in [-0.05, 0) is 35.7 Å². The highest BCUT2D eigenvalue weighted by Crippen LogP contribution is 2.25. The summed E-state index contributed by atoms with van der Waals surface area (Å²) in [7, 11) is 2.97. The summed E-state index contributed by atoms with van der Waals surface area (Å²) in [4.78, 5) is 28.2. The maximum atomic E-state index is 12.5. The molecule has 2 heterocycles. The molecule has 1 aromatic carbocycles. The van der Waals surface area contributed by atoms with Crippen molar-refractivity contribution in [2.24, 2.45) is 0 Å². The van der Waals surface area contributed by atoms with Crippen LogP contribution in [-0.2, 0) is 4.74 Å². The molecule has 0 aliphatic carbocycles. The van der Waals surface area contributed by atoms with E-state index in [-0.39, 0.29) is 6.03 Å². The van der Waals surface area contributed by atoms with E-state index in [9.17, 15) is 9.59 Å². The van der Waals surface area contributed by atoms with Gasteiger partial charge < -0.3 is 19.3 Å². The fourth-order valence-corrected chi connectivity index (χ4v) is 3.58. The van der Waals surface area contributed by atoms with Gasteiger partial charge in [0, 0.05) is 31.9 Å². The lowest BCUT2D eigenvalue weighted by Crippen LogP contribution is -2.50. The molecule has 0 bridgehead atoms. The number of esters is 1. The topological polar surface area (TPSA) is 71.1 Å². The molecule has 0 spiro atoms. The number of benzene rings is 1. The predicted octanol–water partition coefficient (Wildman–Crippen LogP) is 2.90. The van der Waals surface area contributed by atoms with Gasteiger partial charge in [0.15, 0.2) is 0 Å². The molecule has 0 unspecified atom stereocenters. The van der Waals surface area contributed by atoms with Crippen LogP contribution in [0.2, 0.25) is 0 Å². The minimum absolute atomic E-state index is 0.202. The second kappa shape index (κ2) is 8.09. The van der Waals surface area contributed by atoms with Gasteiger partial charge in [-0.15, -0.1) is 11.3 Å². The van der Waals surface area contributed by atoms with Crippen LogP contribution < -0.4 is 15.0 Å². The Morgan fingerprint density at radius 2 is 1.73 bits per heavy atom. The van der Waals surface area contributed by atoms with Crippen LogP contribution in [0, 0.1) is 0 Å². The lowest BCUT2D eigenvalue weighted by Gasteiger charge is -2.36. The van der Waals surface area contributed by atoms with Crippen molar-refractivity contribution in [2.75, 3.05) is 50.6 Å². The highest BCUT2D eigenvalue weighted by molar-refractivity contribution is 7.14. The Balaban J connectivity index is 1.57. The summed E-state index contributed by atoms with van der Waals surface area (Å²) in [5.41, 5.74) is 1.49. The normalized spacial score (nSPS) is 14.1. The van der Waals surface area contributed by atoms with Crippen molar-refractivity contribution in [3.63, 3.8) is 0 Å². The number of ether oxygens (including phenoxy) is 2. The molecule has 1 aliphatic heterocycles. The third-order valence-electron chi connectivity index (χ3n) is 4.30. The maximum Gasteiger partial charge on any atom is 0.340 e. The average Bonchev–Trinajstić information content (AvgIpc) is 3.15. The smallest absolute Gasteiger partial charge is 0.340 e. The standard InChI is InChI=1S/C18H21N3O4S/c1-24-14-5-3-13(4-6-14)20-8-10-21(11-9-20)18(23)19-16-15(7-12-26-16)17(22)25-2/h3-7,12H,8-11H2,1-2H3,(H,19,23). The molecule has 1 aromatic heterocycles. The van der Waals surface area contributed by atoms with Crippen LogP contribution >= 0.6 is 11.3 Å². The van der Waals surface area contributed by atoms with Gasteiger partial charge >= 0.3 is 12.0 Å². The Morgan fingerprint density at radius 1 is 1.04 bits per heavy atom. The second-order valence-electron chi connectivity index (χ2n) is 5.76. The van der Waals surface area contributed by atoms with Gasteiger partial charge in [0.2, 0.25) is 0 Å². The number of amides is 2. The molecule has 3 rings (SSSR count). The van der Waals surface area contributed by atoms with Gasteiger partial charge in [-0.2, -0.15) is 0 Å². The van der Waals surface area contributed by atoms with Crippen LogP contribution in [0.3, 0.4) is 0 Å². The molecular formula is C18H21N3O4S. The highest BCUT2D eigenvalue weighted by atomic mass is 32.1. The van der Waals surface area contributed by atoms with Crippen molar-refractivity contribution in [3.05, 3.63) is 41.3 Å². The molecule has 0 atom stereocenters. The zero-order valence-corrected chi connectivity index (χ0v) is 15.5. The number of rotatable bonds is 4. The molecular weight excluding hydrogens is 354 g/mol. The van der Waals surface area contributed by atoms with Crippen molar-refractivity contribution < 1.29 is 19.1 Å². The summed E-state index contributed by atoms with van der Waals surface area (Å²) in [6.45, 7) is 2.70.